The summed E-state index contributed by atoms with van der Waals surface area (Å²) in [4.78, 5) is 8.56. The summed E-state index contributed by atoms with van der Waals surface area (Å²) in [6.07, 6.45) is 3.45. The van der Waals surface area contributed by atoms with Crippen LogP contribution in [0.5, 0.6) is 0 Å². The van der Waals surface area contributed by atoms with Gasteiger partial charge in [0.2, 0.25) is 0 Å². The summed E-state index contributed by atoms with van der Waals surface area (Å²) in [6.45, 7) is 1.52. The zero-order chi connectivity index (χ0) is 12.4. The third-order valence-corrected chi connectivity index (χ3v) is 3.03. The maximum atomic E-state index is 5.58. The highest BCUT2D eigenvalue weighted by Gasteiger charge is 2.21. The lowest BCUT2D eigenvalue weighted by atomic mass is 10.00. The van der Waals surface area contributed by atoms with Crippen molar-refractivity contribution in [2.75, 3.05) is 18.9 Å². The van der Waals surface area contributed by atoms with E-state index in [2.05, 4.69) is 15.1 Å². The van der Waals surface area contributed by atoms with E-state index < -0.39 is 0 Å². The maximum Gasteiger partial charge on any atom is 0.276 e. The molecule has 1 aliphatic heterocycles. The van der Waals surface area contributed by atoms with Crippen LogP contribution in [0.15, 0.2) is 22.9 Å². The maximum absolute atomic E-state index is 5.58. The van der Waals surface area contributed by atoms with Crippen molar-refractivity contribution in [3.63, 3.8) is 0 Å². The molecular weight excluding hydrogens is 232 g/mol. The zero-order valence-corrected chi connectivity index (χ0v) is 9.87. The van der Waals surface area contributed by atoms with Gasteiger partial charge < -0.3 is 15.0 Å². The second kappa shape index (κ2) is 4.73. The fourth-order valence-corrected chi connectivity index (χ4v) is 1.99. The first-order chi connectivity index (χ1) is 8.83. The molecule has 0 radical (unpaired) electrons. The van der Waals surface area contributed by atoms with E-state index in [1.807, 2.05) is 0 Å². The number of nitrogen functional groups attached to an aromatic ring is 1. The van der Waals surface area contributed by atoms with Crippen molar-refractivity contribution in [3.05, 3.63) is 24.2 Å². The van der Waals surface area contributed by atoms with Gasteiger partial charge in [-0.25, -0.2) is 4.98 Å². The zero-order valence-electron chi connectivity index (χ0n) is 9.87. The van der Waals surface area contributed by atoms with Crippen LogP contribution in [0.2, 0.25) is 0 Å². The molecule has 6 heteroatoms. The van der Waals surface area contributed by atoms with Gasteiger partial charge in [0.05, 0.1) is 11.9 Å². The normalized spacial score (nSPS) is 16.9. The van der Waals surface area contributed by atoms with E-state index in [1.165, 1.54) is 0 Å². The van der Waals surface area contributed by atoms with Crippen molar-refractivity contribution in [1.82, 2.24) is 15.1 Å². The Hall–Kier alpha value is -1.95. The summed E-state index contributed by atoms with van der Waals surface area (Å²) in [5.41, 5.74) is 6.85. The SMILES string of the molecule is Nc1ccc(-c2nc(C3CCOCC3)no2)nc1. The Labute approximate surface area is 104 Å². The van der Waals surface area contributed by atoms with Gasteiger partial charge in [-0.15, -0.1) is 0 Å². The molecule has 2 aromatic rings. The Morgan fingerprint density at radius 1 is 1.22 bits per heavy atom. The molecule has 0 spiro atoms. The second-order valence-corrected chi connectivity index (χ2v) is 4.32. The average Bonchev–Trinajstić information content (AvgIpc) is 2.90. The summed E-state index contributed by atoms with van der Waals surface area (Å²) in [6, 6.07) is 3.54. The molecule has 94 valence electrons. The van der Waals surface area contributed by atoms with Crippen LogP contribution in [0.25, 0.3) is 11.6 Å². The standard InChI is InChI=1S/C12H14N4O2/c13-9-1-2-10(14-7-9)12-15-11(16-18-12)8-3-5-17-6-4-8/h1-2,7-8H,3-6,13H2. The van der Waals surface area contributed by atoms with E-state index in [1.54, 1.807) is 18.3 Å². The second-order valence-electron chi connectivity index (χ2n) is 4.32. The van der Waals surface area contributed by atoms with Crippen LogP contribution >= 0.6 is 0 Å². The molecule has 0 atom stereocenters. The molecule has 0 amide bonds. The molecule has 1 aliphatic rings. The Morgan fingerprint density at radius 2 is 2.06 bits per heavy atom. The molecule has 1 fully saturated rings. The van der Waals surface area contributed by atoms with Crippen LogP contribution in [0.3, 0.4) is 0 Å². The highest BCUT2D eigenvalue weighted by molar-refractivity contribution is 5.50. The predicted molar refractivity (Wildman–Crippen MR) is 64.7 cm³/mol. The lowest BCUT2D eigenvalue weighted by molar-refractivity contribution is 0.0830. The molecule has 0 aliphatic carbocycles. The van der Waals surface area contributed by atoms with Crippen molar-refractivity contribution < 1.29 is 9.26 Å². The van der Waals surface area contributed by atoms with Crippen molar-refractivity contribution in [2.45, 2.75) is 18.8 Å². The molecule has 3 rings (SSSR count). The third kappa shape index (κ3) is 2.19. The number of rotatable bonds is 2. The minimum atomic E-state index is 0.324. The molecule has 18 heavy (non-hydrogen) atoms. The number of aromatic nitrogens is 3. The number of hydrogen-bond donors (Lipinski definition) is 1. The van der Waals surface area contributed by atoms with Crippen LogP contribution in [0, 0.1) is 0 Å². The minimum Gasteiger partial charge on any atom is -0.397 e. The number of hydrogen-bond acceptors (Lipinski definition) is 6. The number of ether oxygens (including phenoxy) is 1. The van der Waals surface area contributed by atoms with Crippen LogP contribution < -0.4 is 5.73 Å². The quantitative estimate of drug-likeness (QED) is 0.866. The molecule has 1 saturated heterocycles. The first kappa shape index (κ1) is 11.2. The topological polar surface area (TPSA) is 87.1 Å². The molecule has 2 aromatic heterocycles. The van der Waals surface area contributed by atoms with Crippen LogP contribution in [0.1, 0.15) is 24.6 Å². The fourth-order valence-electron chi connectivity index (χ4n) is 1.99. The van der Waals surface area contributed by atoms with Gasteiger partial charge in [-0.2, -0.15) is 4.98 Å². The first-order valence-corrected chi connectivity index (χ1v) is 5.96. The Kier molecular flexibility index (Phi) is 2.93. The summed E-state index contributed by atoms with van der Waals surface area (Å²) in [5, 5.41) is 4.03. The Morgan fingerprint density at radius 3 is 2.78 bits per heavy atom. The van der Waals surface area contributed by atoms with E-state index in [0.29, 0.717) is 23.2 Å². The van der Waals surface area contributed by atoms with Gasteiger partial charge in [-0.1, -0.05) is 5.16 Å². The molecular formula is C12H14N4O2. The van der Waals surface area contributed by atoms with Crippen LogP contribution in [-0.4, -0.2) is 28.3 Å². The van der Waals surface area contributed by atoms with Gasteiger partial charge in [0.25, 0.3) is 5.89 Å². The van der Waals surface area contributed by atoms with Crippen molar-refractivity contribution in [1.29, 1.82) is 0 Å². The van der Waals surface area contributed by atoms with Crippen LogP contribution in [0.4, 0.5) is 5.69 Å². The smallest absolute Gasteiger partial charge is 0.276 e. The fraction of sp³-hybridized carbons (Fsp3) is 0.417. The van der Waals surface area contributed by atoms with Crippen molar-refractivity contribution in [2.24, 2.45) is 0 Å². The van der Waals surface area contributed by atoms with Gasteiger partial charge in [0, 0.05) is 19.1 Å². The highest BCUT2D eigenvalue weighted by Crippen LogP contribution is 2.26. The van der Waals surface area contributed by atoms with E-state index in [9.17, 15) is 0 Å². The van der Waals surface area contributed by atoms with Gasteiger partial charge in [0.1, 0.15) is 5.69 Å². The molecule has 6 nitrogen and oxygen atoms in total. The van der Waals surface area contributed by atoms with Gasteiger partial charge in [0.15, 0.2) is 5.82 Å². The lowest BCUT2D eigenvalue weighted by Crippen LogP contribution is -2.15. The molecule has 3 heterocycles. The predicted octanol–water partition coefficient (Wildman–Crippen LogP) is 1.61. The monoisotopic (exact) mass is 246 g/mol. The molecule has 0 bridgehead atoms. The summed E-state index contributed by atoms with van der Waals surface area (Å²) < 4.78 is 10.6. The van der Waals surface area contributed by atoms with Gasteiger partial charge >= 0.3 is 0 Å². The highest BCUT2D eigenvalue weighted by atomic mass is 16.5. The van der Waals surface area contributed by atoms with Gasteiger partial charge in [-0.3, -0.25) is 0 Å². The third-order valence-electron chi connectivity index (χ3n) is 3.03. The lowest BCUT2D eigenvalue weighted by Gasteiger charge is -2.18. The van der Waals surface area contributed by atoms with E-state index in [-0.39, 0.29) is 0 Å². The molecule has 0 saturated carbocycles. The van der Waals surface area contributed by atoms with E-state index in [0.717, 1.165) is 31.9 Å². The molecule has 0 unspecified atom stereocenters. The summed E-state index contributed by atoms with van der Waals surface area (Å²) in [5.74, 6) is 1.51. The van der Waals surface area contributed by atoms with E-state index >= 15 is 0 Å². The minimum absolute atomic E-state index is 0.324. The van der Waals surface area contributed by atoms with Crippen molar-refractivity contribution >= 4 is 5.69 Å². The number of nitrogens with zero attached hydrogens (tertiary/aromatic N) is 3. The van der Waals surface area contributed by atoms with Crippen LogP contribution in [-0.2, 0) is 4.74 Å². The summed E-state index contributed by atoms with van der Waals surface area (Å²) >= 11 is 0. The van der Waals surface area contributed by atoms with E-state index in [4.69, 9.17) is 15.0 Å². The summed E-state index contributed by atoms with van der Waals surface area (Å²) in [7, 11) is 0. The largest absolute Gasteiger partial charge is 0.397 e. The average molecular weight is 246 g/mol. The molecule has 2 N–H and O–H groups in total. The Bertz CT molecular complexity index is 517. The van der Waals surface area contributed by atoms with Gasteiger partial charge in [-0.05, 0) is 25.0 Å². The number of pyridine rings is 1. The number of anilines is 1. The first-order valence-electron chi connectivity index (χ1n) is 5.96. The van der Waals surface area contributed by atoms with Crippen molar-refractivity contribution in [3.8, 4) is 11.6 Å². The Balaban J connectivity index is 1.82. The number of nitrogens with two attached hydrogens (primary N) is 1. The molecule has 0 aromatic carbocycles.